The van der Waals surface area contributed by atoms with Gasteiger partial charge in [0.25, 0.3) is 5.24 Å². The molecule has 3 aliphatic rings. The average Bonchev–Trinajstić information content (AvgIpc) is 2.84. The molecule has 3 saturated heterocycles. The van der Waals surface area contributed by atoms with Crippen molar-refractivity contribution in [3.05, 3.63) is 0 Å². The lowest BCUT2D eigenvalue weighted by Crippen LogP contribution is -2.48. The molecule has 0 saturated carbocycles. The molecule has 3 heterocycles. The van der Waals surface area contributed by atoms with Crippen molar-refractivity contribution in [1.82, 2.24) is 15.5 Å². The third kappa shape index (κ3) is 2.28. The monoisotopic (exact) mass is 255 g/mol. The zero-order chi connectivity index (χ0) is 11.8. The molecule has 0 spiro atoms. The Labute approximate surface area is 105 Å². The highest BCUT2D eigenvalue weighted by Gasteiger charge is 2.36. The zero-order valence-corrected chi connectivity index (χ0v) is 10.5. The first-order chi connectivity index (χ1) is 8.22. The van der Waals surface area contributed by atoms with Crippen molar-refractivity contribution in [2.24, 2.45) is 0 Å². The Morgan fingerprint density at radius 1 is 1.29 bits per heavy atom. The lowest BCUT2D eigenvalue weighted by atomic mass is 10.1. The highest BCUT2D eigenvalue weighted by molar-refractivity contribution is 8.14. The van der Waals surface area contributed by atoms with E-state index in [9.17, 15) is 9.59 Å². The van der Waals surface area contributed by atoms with Gasteiger partial charge in [-0.25, -0.2) is 0 Å². The Bertz CT molecular complexity index is 350. The molecule has 3 aliphatic heterocycles. The Morgan fingerprint density at radius 2 is 2.12 bits per heavy atom. The molecule has 3 fully saturated rings. The minimum atomic E-state index is -0.302. The first-order valence-corrected chi connectivity index (χ1v) is 7.19. The summed E-state index contributed by atoms with van der Waals surface area (Å²) in [6, 6.07) is 0.741. The van der Waals surface area contributed by atoms with Crippen LogP contribution in [0.5, 0.6) is 0 Å². The van der Waals surface area contributed by atoms with Crippen LogP contribution in [0.2, 0.25) is 0 Å². The van der Waals surface area contributed by atoms with Gasteiger partial charge in [-0.3, -0.25) is 9.59 Å². The van der Waals surface area contributed by atoms with E-state index in [1.165, 1.54) is 24.6 Å². The van der Waals surface area contributed by atoms with Gasteiger partial charge in [0.15, 0.2) is 0 Å². The fourth-order valence-electron chi connectivity index (χ4n) is 2.88. The predicted molar refractivity (Wildman–Crippen MR) is 65.9 cm³/mol. The van der Waals surface area contributed by atoms with Crippen molar-refractivity contribution >= 4 is 22.9 Å². The van der Waals surface area contributed by atoms with E-state index in [0.717, 1.165) is 19.5 Å². The zero-order valence-electron chi connectivity index (χ0n) is 9.65. The van der Waals surface area contributed by atoms with Crippen LogP contribution in [0.15, 0.2) is 0 Å². The second-order valence-corrected chi connectivity index (χ2v) is 6.00. The van der Waals surface area contributed by atoms with Crippen molar-refractivity contribution in [3.63, 3.8) is 0 Å². The van der Waals surface area contributed by atoms with Gasteiger partial charge in [-0.2, -0.15) is 0 Å². The van der Waals surface area contributed by atoms with Crippen LogP contribution in [0.1, 0.15) is 19.3 Å². The van der Waals surface area contributed by atoms with E-state index in [1.807, 2.05) is 4.90 Å². The molecule has 2 amide bonds. The van der Waals surface area contributed by atoms with Crippen LogP contribution >= 0.6 is 11.8 Å². The van der Waals surface area contributed by atoms with Crippen LogP contribution < -0.4 is 10.6 Å². The van der Waals surface area contributed by atoms with Gasteiger partial charge in [-0.05, 0) is 19.3 Å². The molecule has 94 valence electrons. The van der Waals surface area contributed by atoms with Gasteiger partial charge in [0.05, 0.1) is 0 Å². The molecular formula is C11H17N3O2S. The van der Waals surface area contributed by atoms with Crippen molar-refractivity contribution in [1.29, 1.82) is 0 Å². The predicted octanol–water partition coefficient (Wildman–Crippen LogP) is 0.164. The number of nitrogens with one attached hydrogen (secondary N) is 2. The molecule has 0 radical (unpaired) electrons. The summed E-state index contributed by atoms with van der Waals surface area (Å²) in [5.41, 5.74) is 0. The standard InChI is InChI=1S/C11H17N3O2S/c15-10(9-6-17-11(16)13-9)14-4-3-7-1-2-8(5-14)12-7/h7-9,12H,1-6H2,(H,13,16)/t7?,8?,9-/m0/s1. The molecule has 0 aliphatic carbocycles. The van der Waals surface area contributed by atoms with Gasteiger partial charge in [0.1, 0.15) is 6.04 Å². The molecule has 0 aromatic rings. The average molecular weight is 255 g/mol. The Hall–Kier alpha value is -0.750. The smallest absolute Gasteiger partial charge is 0.279 e. The summed E-state index contributed by atoms with van der Waals surface area (Å²) in [4.78, 5) is 25.3. The Balaban J connectivity index is 1.63. The number of thioether (sulfide) groups is 1. The number of carbonyl (C=O) groups excluding carboxylic acids is 2. The van der Waals surface area contributed by atoms with Crippen molar-refractivity contribution < 1.29 is 9.59 Å². The molecule has 17 heavy (non-hydrogen) atoms. The highest BCUT2D eigenvalue weighted by atomic mass is 32.2. The van der Waals surface area contributed by atoms with Crippen LogP contribution in [0.3, 0.4) is 0 Å². The molecule has 5 nitrogen and oxygen atoms in total. The molecular weight excluding hydrogens is 238 g/mol. The number of rotatable bonds is 1. The van der Waals surface area contributed by atoms with Crippen LogP contribution in [0.25, 0.3) is 0 Å². The van der Waals surface area contributed by atoms with E-state index >= 15 is 0 Å². The van der Waals surface area contributed by atoms with Gasteiger partial charge in [-0.1, -0.05) is 11.8 Å². The quantitative estimate of drug-likeness (QED) is 0.701. The largest absolute Gasteiger partial charge is 0.339 e. The number of fused-ring (bicyclic) bond motifs is 2. The Kier molecular flexibility index (Phi) is 3.00. The van der Waals surface area contributed by atoms with E-state index in [4.69, 9.17) is 0 Å². The van der Waals surface area contributed by atoms with E-state index < -0.39 is 0 Å². The van der Waals surface area contributed by atoms with Crippen molar-refractivity contribution in [2.45, 2.75) is 37.4 Å². The maximum Gasteiger partial charge on any atom is 0.279 e. The minimum absolute atomic E-state index is 0.0715. The third-order valence-electron chi connectivity index (χ3n) is 3.81. The highest BCUT2D eigenvalue weighted by Crippen LogP contribution is 2.22. The number of carbonyl (C=O) groups is 2. The number of likely N-dealkylation sites (tertiary alicyclic amines) is 1. The minimum Gasteiger partial charge on any atom is -0.339 e. The molecule has 2 unspecified atom stereocenters. The molecule has 0 aromatic carbocycles. The SMILES string of the molecule is O=C1N[C@H](C(=O)N2CCC3CCC(C2)N3)CS1. The first kappa shape index (κ1) is 11.3. The summed E-state index contributed by atoms with van der Waals surface area (Å²) < 4.78 is 0. The first-order valence-electron chi connectivity index (χ1n) is 6.20. The summed E-state index contributed by atoms with van der Waals surface area (Å²) >= 11 is 1.21. The summed E-state index contributed by atoms with van der Waals surface area (Å²) in [5.74, 6) is 0.674. The van der Waals surface area contributed by atoms with Crippen LogP contribution in [0, 0.1) is 0 Å². The van der Waals surface area contributed by atoms with Gasteiger partial charge in [-0.15, -0.1) is 0 Å². The second kappa shape index (κ2) is 4.49. The van der Waals surface area contributed by atoms with Crippen molar-refractivity contribution in [2.75, 3.05) is 18.8 Å². The third-order valence-corrected chi connectivity index (χ3v) is 4.69. The molecule has 2 bridgehead atoms. The fraction of sp³-hybridized carbons (Fsp3) is 0.818. The van der Waals surface area contributed by atoms with E-state index in [1.54, 1.807) is 0 Å². The number of amides is 2. The van der Waals surface area contributed by atoms with E-state index in [2.05, 4.69) is 10.6 Å². The van der Waals surface area contributed by atoms with Crippen LogP contribution in [-0.2, 0) is 4.79 Å². The van der Waals surface area contributed by atoms with E-state index in [-0.39, 0.29) is 17.2 Å². The number of hydrogen-bond donors (Lipinski definition) is 2. The maximum absolute atomic E-state index is 12.2. The molecule has 6 heteroatoms. The van der Waals surface area contributed by atoms with E-state index in [0.29, 0.717) is 17.8 Å². The molecule has 3 atom stereocenters. The summed E-state index contributed by atoms with van der Waals surface area (Å²) in [6.07, 6.45) is 3.44. The summed E-state index contributed by atoms with van der Waals surface area (Å²) in [6.45, 7) is 1.62. The lowest BCUT2D eigenvalue weighted by molar-refractivity contribution is -0.132. The lowest BCUT2D eigenvalue weighted by Gasteiger charge is -2.26. The summed E-state index contributed by atoms with van der Waals surface area (Å²) in [5, 5.41) is 6.21. The molecule has 3 rings (SSSR count). The summed E-state index contributed by atoms with van der Waals surface area (Å²) in [7, 11) is 0. The molecule has 0 aromatic heterocycles. The van der Waals surface area contributed by atoms with Gasteiger partial charge in [0, 0.05) is 30.9 Å². The topological polar surface area (TPSA) is 61.4 Å². The van der Waals surface area contributed by atoms with Crippen molar-refractivity contribution in [3.8, 4) is 0 Å². The fourth-order valence-corrected chi connectivity index (χ4v) is 3.65. The maximum atomic E-state index is 12.2. The molecule has 2 N–H and O–H groups in total. The number of nitrogens with zero attached hydrogens (tertiary/aromatic N) is 1. The Morgan fingerprint density at radius 3 is 2.88 bits per heavy atom. The van der Waals surface area contributed by atoms with Gasteiger partial charge in [0.2, 0.25) is 5.91 Å². The van der Waals surface area contributed by atoms with Gasteiger partial charge < -0.3 is 15.5 Å². The number of hydrogen-bond acceptors (Lipinski definition) is 4. The normalized spacial score (nSPS) is 36.8. The van der Waals surface area contributed by atoms with Crippen LogP contribution in [0.4, 0.5) is 4.79 Å². The second-order valence-electron chi connectivity index (χ2n) is 5.01. The van der Waals surface area contributed by atoms with Crippen LogP contribution in [-0.4, -0.2) is 53.0 Å². The van der Waals surface area contributed by atoms with Gasteiger partial charge >= 0.3 is 0 Å².